The van der Waals surface area contributed by atoms with E-state index < -0.39 is 0 Å². The topological polar surface area (TPSA) is 39.1 Å². The third kappa shape index (κ3) is 3.42. The van der Waals surface area contributed by atoms with Crippen molar-refractivity contribution in [2.75, 3.05) is 14.2 Å². The van der Waals surface area contributed by atoms with E-state index in [2.05, 4.69) is 38.5 Å². The van der Waals surface area contributed by atoms with E-state index in [-0.39, 0.29) is 6.04 Å². The molecule has 21 heavy (non-hydrogen) atoms. The molecule has 1 aromatic carbocycles. The Morgan fingerprint density at radius 3 is 2.67 bits per heavy atom. The van der Waals surface area contributed by atoms with E-state index in [4.69, 9.17) is 16.3 Å². The highest BCUT2D eigenvalue weighted by Crippen LogP contribution is 2.31. The van der Waals surface area contributed by atoms with Gasteiger partial charge in [-0.3, -0.25) is 4.68 Å². The second kappa shape index (κ2) is 6.81. The molecule has 1 unspecified atom stereocenters. The Morgan fingerprint density at radius 1 is 1.48 bits per heavy atom. The van der Waals surface area contributed by atoms with Crippen molar-refractivity contribution in [2.45, 2.75) is 19.4 Å². The molecule has 0 aliphatic carbocycles. The minimum absolute atomic E-state index is 0.160. The number of methoxy groups -OCH3 is 1. The van der Waals surface area contributed by atoms with Crippen molar-refractivity contribution in [3.05, 3.63) is 44.6 Å². The molecule has 1 heterocycles. The lowest BCUT2D eigenvalue weighted by Crippen LogP contribution is -2.19. The first kappa shape index (κ1) is 16.3. The first-order valence-electron chi connectivity index (χ1n) is 6.66. The Kier molecular flexibility index (Phi) is 5.30. The molecule has 1 N–H and O–H groups in total. The summed E-state index contributed by atoms with van der Waals surface area (Å²) in [6.07, 6.45) is 0.785. The predicted octanol–water partition coefficient (Wildman–Crippen LogP) is 3.66. The molecule has 0 fully saturated rings. The van der Waals surface area contributed by atoms with Crippen LogP contribution in [0.25, 0.3) is 0 Å². The van der Waals surface area contributed by atoms with Crippen molar-refractivity contribution in [1.29, 1.82) is 0 Å². The van der Waals surface area contributed by atoms with Gasteiger partial charge in [-0.2, -0.15) is 5.10 Å². The third-order valence-electron chi connectivity index (χ3n) is 3.60. The van der Waals surface area contributed by atoms with Crippen LogP contribution in [0.1, 0.15) is 22.9 Å². The number of benzene rings is 1. The SMILES string of the molecule is CNC(Cc1c(C)nn(C)c1Cl)c1ccc(OC)c(Br)c1. The monoisotopic (exact) mass is 371 g/mol. The maximum Gasteiger partial charge on any atom is 0.133 e. The van der Waals surface area contributed by atoms with Crippen LogP contribution >= 0.6 is 27.5 Å². The normalized spacial score (nSPS) is 12.5. The van der Waals surface area contributed by atoms with Gasteiger partial charge in [0.25, 0.3) is 0 Å². The van der Waals surface area contributed by atoms with Gasteiger partial charge in [0.1, 0.15) is 10.9 Å². The van der Waals surface area contributed by atoms with E-state index in [9.17, 15) is 0 Å². The van der Waals surface area contributed by atoms with Crippen LogP contribution < -0.4 is 10.1 Å². The molecule has 0 aliphatic heterocycles. The highest BCUT2D eigenvalue weighted by molar-refractivity contribution is 9.10. The summed E-state index contributed by atoms with van der Waals surface area (Å²) in [4.78, 5) is 0. The number of aromatic nitrogens is 2. The molecule has 114 valence electrons. The van der Waals surface area contributed by atoms with Crippen LogP contribution in [0.4, 0.5) is 0 Å². The van der Waals surface area contributed by atoms with Gasteiger partial charge in [0.2, 0.25) is 0 Å². The van der Waals surface area contributed by atoms with Crippen LogP contribution in [0.5, 0.6) is 5.75 Å². The van der Waals surface area contributed by atoms with E-state index >= 15 is 0 Å². The van der Waals surface area contributed by atoms with E-state index in [0.717, 1.165) is 27.9 Å². The lowest BCUT2D eigenvalue weighted by atomic mass is 9.99. The second-order valence-corrected chi connectivity index (χ2v) is 6.13. The highest BCUT2D eigenvalue weighted by Gasteiger charge is 2.18. The molecular weight excluding hydrogens is 354 g/mol. The van der Waals surface area contributed by atoms with Crippen LogP contribution in [0.15, 0.2) is 22.7 Å². The molecule has 1 aromatic heterocycles. The zero-order valence-corrected chi connectivity index (χ0v) is 14.9. The minimum atomic E-state index is 0.160. The van der Waals surface area contributed by atoms with Crippen molar-refractivity contribution in [3.8, 4) is 5.75 Å². The summed E-state index contributed by atoms with van der Waals surface area (Å²) in [5.41, 5.74) is 3.21. The average molecular weight is 373 g/mol. The van der Waals surface area contributed by atoms with Crippen LogP contribution in [-0.2, 0) is 13.5 Å². The largest absolute Gasteiger partial charge is 0.496 e. The standard InChI is InChI=1S/C15H19BrClN3O/c1-9-11(15(17)20(3)19-9)8-13(18-2)10-5-6-14(21-4)12(16)7-10/h5-7,13,18H,8H2,1-4H3. The van der Waals surface area contributed by atoms with Crippen molar-refractivity contribution in [2.24, 2.45) is 7.05 Å². The first-order valence-corrected chi connectivity index (χ1v) is 7.83. The Labute approximate surface area is 138 Å². The molecule has 0 saturated carbocycles. The molecule has 2 aromatic rings. The summed E-state index contributed by atoms with van der Waals surface area (Å²) < 4.78 is 7.92. The number of likely N-dealkylation sites (N-methyl/N-ethyl adjacent to an activating group) is 1. The minimum Gasteiger partial charge on any atom is -0.496 e. The number of aryl methyl sites for hydroxylation is 2. The van der Waals surface area contributed by atoms with E-state index in [0.29, 0.717) is 5.15 Å². The van der Waals surface area contributed by atoms with Gasteiger partial charge in [-0.05, 0) is 54.0 Å². The maximum absolute atomic E-state index is 6.32. The van der Waals surface area contributed by atoms with Crippen LogP contribution in [-0.4, -0.2) is 23.9 Å². The number of hydrogen-bond acceptors (Lipinski definition) is 3. The van der Waals surface area contributed by atoms with Gasteiger partial charge in [-0.15, -0.1) is 0 Å². The maximum atomic E-state index is 6.32. The number of rotatable bonds is 5. The number of hydrogen-bond donors (Lipinski definition) is 1. The average Bonchev–Trinajstić information content (AvgIpc) is 2.70. The molecule has 2 rings (SSSR count). The van der Waals surface area contributed by atoms with Crippen molar-refractivity contribution < 1.29 is 4.74 Å². The molecule has 0 bridgehead atoms. The summed E-state index contributed by atoms with van der Waals surface area (Å²) in [5.74, 6) is 0.823. The fourth-order valence-corrected chi connectivity index (χ4v) is 3.21. The fraction of sp³-hybridized carbons (Fsp3) is 0.400. The highest BCUT2D eigenvalue weighted by atomic mass is 79.9. The molecule has 4 nitrogen and oxygen atoms in total. The zero-order valence-electron chi connectivity index (χ0n) is 12.6. The summed E-state index contributed by atoms with van der Waals surface area (Å²) in [6, 6.07) is 6.25. The van der Waals surface area contributed by atoms with Crippen LogP contribution in [0.2, 0.25) is 5.15 Å². The summed E-state index contributed by atoms with van der Waals surface area (Å²) >= 11 is 9.85. The lowest BCUT2D eigenvalue weighted by Gasteiger charge is -2.18. The first-order chi connectivity index (χ1) is 9.97. The molecular formula is C15H19BrClN3O. The van der Waals surface area contributed by atoms with E-state index in [1.54, 1.807) is 11.8 Å². The van der Waals surface area contributed by atoms with Gasteiger partial charge in [-0.25, -0.2) is 0 Å². The molecule has 0 radical (unpaired) electrons. The molecule has 1 atom stereocenters. The van der Waals surface area contributed by atoms with E-state index in [1.165, 1.54) is 5.56 Å². The Bertz CT molecular complexity index is 642. The second-order valence-electron chi connectivity index (χ2n) is 4.92. The number of ether oxygens (including phenoxy) is 1. The van der Waals surface area contributed by atoms with Gasteiger partial charge in [-0.1, -0.05) is 17.7 Å². The molecule has 0 spiro atoms. The predicted molar refractivity (Wildman–Crippen MR) is 89.2 cm³/mol. The van der Waals surface area contributed by atoms with Crippen LogP contribution in [0, 0.1) is 6.92 Å². The van der Waals surface area contributed by atoms with Gasteiger partial charge in [0, 0.05) is 18.7 Å². The Hall–Kier alpha value is -1.04. The molecule has 0 aliphatic rings. The number of halogens is 2. The third-order valence-corrected chi connectivity index (χ3v) is 4.70. The number of nitrogens with one attached hydrogen (secondary N) is 1. The zero-order chi connectivity index (χ0) is 15.6. The molecule has 0 saturated heterocycles. The number of nitrogens with zero attached hydrogens (tertiary/aromatic N) is 2. The molecule has 6 heteroatoms. The Morgan fingerprint density at radius 2 is 2.19 bits per heavy atom. The quantitative estimate of drug-likeness (QED) is 0.870. The van der Waals surface area contributed by atoms with Crippen molar-refractivity contribution in [1.82, 2.24) is 15.1 Å². The summed E-state index contributed by atoms with van der Waals surface area (Å²) in [7, 11) is 5.47. The van der Waals surface area contributed by atoms with Gasteiger partial charge >= 0.3 is 0 Å². The summed E-state index contributed by atoms with van der Waals surface area (Å²) in [6.45, 7) is 1.98. The van der Waals surface area contributed by atoms with Crippen molar-refractivity contribution >= 4 is 27.5 Å². The lowest BCUT2D eigenvalue weighted by molar-refractivity contribution is 0.411. The fourth-order valence-electron chi connectivity index (χ4n) is 2.40. The molecule has 0 amide bonds. The van der Waals surface area contributed by atoms with Gasteiger partial charge in [0.05, 0.1) is 17.3 Å². The van der Waals surface area contributed by atoms with Gasteiger partial charge < -0.3 is 10.1 Å². The van der Waals surface area contributed by atoms with Crippen molar-refractivity contribution in [3.63, 3.8) is 0 Å². The Balaban J connectivity index is 2.30. The van der Waals surface area contributed by atoms with Gasteiger partial charge in [0.15, 0.2) is 0 Å². The summed E-state index contributed by atoms with van der Waals surface area (Å²) in [5, 5.41) is 8.40. The van der Waals surface area contributed by atoms with E-state index in [1.807, 2.05) is 27.1 Å². The smallest absolute Gasteiger partial charge is 0.133 e. The van der Waals surface area contributed by atoms with Crippen LogP contribution in [0.3, 0.4) is 0 Å².